The average Bonchev–Trinajstić information content (AvgIpc) is 2.56. The second kappa shape index (κ2) is 7.74. The standard InChI is InChI=1S/C17H15FN2O3/c1-23-16(21)13-6-4-7-14(11-13)20-17(22)19-10-9-12-5-2-3-8-15(12)18/h2-11H,1H3,(H2,19,20,22)/b10-9+. The Bertz CT molecular complexity index is 744. The SMILES string of the molecule is COC(=O)c1cccc(NC(=O)N/C=C/c2ccccc2F)c1. The predicted molar refractivity (Wildman–Crippen MR) is 85.4 cm³/mol. The zero-order chi connectivity index (χ0) is 16.7. The van der Waals surface area contributed by atoms with Crippen molar-refractivity contribution in [3.8, 4) is 0 Å². The molecule has 0 heterocycles. The normalized spacial score (nSPS) is 10.3. The van der Waals surface area contributed by atoms with Gasteiger partial charge in [-0.25, -0.2) is 14.0 Å². The van der Waals surface area contributed by atoms with Crippen LogP contribution in [0.1, 0.15) is 15.9 Å². The number of carbonyl (C=O) groups excluding carboxylic acids is 2. The van der Waals surface area contributed by atoms with Gasteiger partial charge >= 0.3 is 12.0 Å². The molecule has 0 aromatic heterocycles. The summed E-state index contributed by atoms with van der Waals surface area (Å²) in [5, 5.41) is 5.02. The minimum Gasteiger partial charge on any atom is -0.465 e. The quantitative estimate of drug-likeness (QED) is 0.850. The van der Waals surface area contributed by atoms with Crippen molar-refractivity contribution in [2.45, 2.75) is 0 Å². The molecule has 0 atom stereocenters. The molecular weight excluding hydrogens is 299 g/mol. The van der Waals surface area contributed by atoms with E-state index in [0.29, 0.717) is 16.8 Å². The maximum Gasteiger partial charge on any atom is 0.337 e. The van der Waals surface area contributed by atoms with E-state index in [-0.39, 0.29) is 5.82 Å². The Labute approximate surface area is 132 Å². The summed E-state index contributed by atoms with van der Waals surface area (Å²) in [5.41, 5.74) is 1.12. The molecule has 0 saturated heterocycles. The van der Waals surface area contributed by atoms with Crippen LogP contribution in [0.25, 0.3) is 6.08 Å². The van der Waals surface area contributed by atoms with E-state index in [1.54, 1.807) is 36.4 Å². The molecule has 0 bridgehead atoms. The first kappa shape index (κ1) is 16.2. The van der Waals surface area contributed by atoms with E-state index < -0.39 is 12.0 Å². The Morgan fingerprint density at radius 2 is 1.91 bits per heavy atom. The fourth-order valence-electron chi connectivity index (χ4n) is 1.83. The van der Waals surface area contributed by atoms with Gasteiger partial charge in [0, 0.05) is 17.5 Å². The Kier molecular flexibility index (Phi) is 5.46. The molecule has 0 aliphatic rings. The molecule has 0 aliphatic heterocycles. The lowest BCUT2D eigenvalue weighted by Crippen LogP contribution is -2.23. The van der Waals surface area contributed by atoms with Crippen LogP contribution < -0.4 is 10.6 Å². The van der Waals surface area contributed by atoms with Crippen molar-refractivity contribution in [1.82, 2.24) is 5.32 Å². The van der Waals surface area contributed by atoms with E-state index in [4.69, 9.17) is 0 Å². The Balaban J connectivity index is 1.95. The van der Waals surface area contributed by atoms with Gasteiger partial charge in [-0.1, -0.05) is 24.3 Å². The van der Waals surface area contributed by atoms with Crippen LogP contribution in [0.2, 0.25) is 0 Å². The van der Waals surface area contributed by atoms with Crippen molar-refractivity contribution >= 4 is 23.8 Å². The number of rotatable bonds is 4. The number of ether oxygens (including phenoxy) is 1. The highest BCUT2D eigenvalue weighted by atomic mass is 19.1. The fourth-order valence-corrected chi connectivity index (χ4v) is 1.83. The Morgan fingerprint density at radius 3 is 2.65 bits per heavy atom. The molecule has 23 heavy (non-hydrogen) atoms. The summed E-state index contributed by atoms with van der Waals surface area (Å²) in [6, 6.07) is 12.0. The smallest absolute Gasteiger partial charge is 0.337 e. The molecule has 2 aromatic carbocycles. The molecule has 0 saturated carbocycles. The van der Waals surface area contributed by atoms with E-state index in [0.717, 1.165) is 0 Å². The molecule has 2 N–H and O–H groups in total. The van der Waals surface area contributed by atoms with Crippen LogP contribution >= 0.6 is 0 Å². The summed E-state index contributed by atoms with van der Waals surface area (Å²) >= 11 is 0. The summed E-state index contributed by atoms with van der Waals surface area (Å²) in [4.78, 5) is 23.2. The van der Waals surface area contributed by atoms with Crippen LogP contribution in [0.4, 0.5) is 14.9 Å². The van der Waals surface area contributed by atoms with Crippen LogP contribution in [-0.4, -0.2) is 19.1 Å². The van der Waals surface area contributed by atoms with Crippen molar-refractivity contribution < 1.29 is 18.7 Å². The number of carbonyl (C=O) groups is 2. The molecule has 0 unspecified atom stereocenters. The first-order valence-electron chi connectivity index (χ1n) is 6.77. The van der Waals surface area contributed by atoms with Crippen LogP contribution in [0.3, 0.4) is 0 Å². The number of hydrogen-bond donors (Lipinski definition) is 2. The van der Waals surface area contributed by atoms with Crippen LogP contribution in [-0.2, 0) is 4.74 Å². The first-order chi connectivity index (χ1) is 11.1. The molecule has 0 fully saturated rings. The van der Waals surface area contributed by atoms with Gasteiger partial charge in [-0.3, -0.25) is 0 Å². The van der Waals surface area contributed by atoms with Crippen LogP contribution in [0, 0.1) is 5.82 Å². The van der Waals surface area contributed by atoms with Gasteiger partial charge in [0.1, 0.15) is 5.82 Å². The molecule has 2 amide bonds. The molecular formula is C17H15FN2O3. The molecule has 5 nitrogen and oxygen atoms in total. The van der Waals surface area contributed by atoms with Crippen molar-refractivity contribution in [2.24, 2.45) is 0 Å². The second-order valence-electron chi connectivity index (χ2n) is 4.53. The summed E-state index contributed by atoms with van der Waals surface area (Å²) in [6.07, 6.45) is 2.78. The lowest BCUT2D eigenvalue weighted by Gasteiger charge is -2.06. The third-order valence-electron chi connectivity index (χ3n) is 2.92. The number of anilines is 1. The van der Waals surface area contributed by atoms with Gasteiger partial charge in [-0.2, -0.15) is 0 Å². The van der Waals surface area contributed by atoms with Crippen LogP contribution in [0.15, 0.2) is 54.7 Å². The van der Waals surface area contributed by atoms with Gasteiger partial charge in [0.2, 0.25) is 0 Å². The first-order valence-corrected chi connectivity index (χ1v) is 6.77. The summed E-state index contributed by atoms with van der Waals surface area (Å²) < 4.78 is 18.0. The van der Waals surface area contributed by atoms with E-state index in [2.05, 4.69) is 15.4 Å². The van der Waals surface area contributed by atoms with Gasteiger partial charge in [-0.05, 0) is 30.3 Å². The number of benzene rings is 2. The molecule has 2 aromatic rings. The van der Waals surface area contributed by atoms with Crippen molar-refractivity contribution in [3.63, 3.8) is 0 Å². The number of halogens is 1. The van der Waals surface area contributed by atoms with Gasteiger partial charge in [-0.15, -0.1) is 0 Å². The molecule has 6 heteroatoms. The van der Waals surface area contributed by atoms with Crippen molar-refractivity contribution in [1.29, 1.82) is 0 Å². The maximum absolute atomic E-state index is 13.4. The summed E-state index contributed by atoms with van der Waals surface area (Å²) in [6.45, 7) is 0. The molecule has 0 aliphatic carbocycles. The largest absolute Gasteiger partial charge is 0.465 e. The number of methoxy groups -OCH3 is 1. The monoisotopic (exact) mass is 314 g/mol. The van der Waals surface area contributed by atoms with E-state index in [1.807, 2.05) is 0 Å². The van der Waals surface area contributed by atoms with Crippen LogP contribution in [0.5, 0.6) is 0 Å². The number of amides is 2. The molecule has 0 radical (unpaired) electrons. The third-order valence-corrected chi connectivity index (χ3v) is 2.92. The highest BCUT2D eigenvalue weighted by molar-refractivity contribution is 5.94. The van der Waals surface area contributed by atoms with E-state index >= 15 is 0 Å². The summed E-state index contributed by atoms with van der Waals surface area (Å²) in [7, 11) is 1.28. The van der Waals surface area contributed by atoms with Gasteiger partial charge in [0.15, 0.2) is 0 Å². The Hall–Kier alpha value is -3.15. The number of urea groups is 1. The zero-order valence-electron chi connectivity index (χ0n) is 12.4. The van der Waals surface area contributed by atoms with Crippen molar-refractivity contribution in [2.75, 3.05) is 12.4 Å². The molecule has 2 rings (SSSR count). The number of esters is 1. The fraction of sp³-hybridized carbons (Fsp3) is 0.0588. The zero-order valence-corrected chi connectivity index (χ0v) is 12.4. The minimum atomic E-state index is -0.514. The van der Waals surface area contributed by atoms with E-state index in [1.165, 1.54) is 31.5 Å². The molecule has 0 spiro atoms. The van der Waals surface area contributed by atoms with Gasteiger partial charge in [0.05, 0.1) is 12.7 Å². The second-order valence-corrected chi connectivity index (χ2v) is 4.53. The topological polar surface area (TPSA) is 67.4 Å². The minimum absolute atomic E-state index is 0.326. The van der Waals surface area contributed by atoms with Gasteiger partial charge in [0.25, 0.3) is 0 Å². The van der Waals surface area contributed by atoms with Crippen molar-refractivity contribution in [3.05, 3.63) is 71.7 Å². The predicted octanol–water partition coefficient (Wildman–Crippen LogP) is 3.40. The highest BCUT2D eigenvalue weighted by Gasteiger charge is 2.06. The lowest BCUT2D eigenvalue weighted by atomic mass is 10.2. The molecule has 118 valence electrons. The average molecular weight is 314 g/mol. The lowest BCUT2D eigenvalue weighted by molar-refractivity contribution is 0.0600. The number of hydrogen-bond acceptors (Lipinski definition) is 3. The van der Waals surface area contributed by atoms with Gasteiger partial charge < -0.3 is 15.4 Å². The third kappa shape index (κ3) is 4.67. The Morgan fingerprint density at radius 1 is 1.13 bits per heavy atom. The highest BCUT2D eigenvalue weighted by Crippen LogP contribution is 2.11. The van der Waals surface area contributed by atoms with E-state index in [9.17, 15) is 14.0 Å². The maximum atomic E-state index is 13.4. The summed E-state index contributed by atoms with van der Waals surface area (Å²) in [5.74, 6) is -0.870. The number of nitrogens with one attached hydrogen (secondary N) is 2.